The van der Waals surface area contributed by atoms with Crippen LogP contribution in [0.25, 0.3) is 0 Å². The number of amides is 1. The number of ether oxygens (including phenoxy) is 1. The topological polar surface area (TPSA) is 45.7 Å². The number of hydrogen-bond donors (Lipinski definition) is 0. The highest BCUT2D eigenvalue weighted by Crippen LogP contribution is 2.13. The Balaban J connectivity index is 1.78. The van der Waals surface area contributed by atoms with E-state index in [0.717, 1.165) is 57.7 Å². The highest BCUT2D eigenvalue weighted by atomic mass is 32.1. The van der Waals surface area contributed by atoms with Crippen molar-refractivity contribution < 1.29 is 9.53 Å². The van der Waals surface area contributed by atoms with Crippen molar-refractivity contribution in [1.29, 1.82) is 0 Å². The Kier molecular flexibility index (Phi) is 7.29. The number of thiazole rings is 1. The van der Waals surface area contributed by atoms with E-state index in [2.05, 4.69) is 29.1 Å². The van der Waals surface area contributed by atoms with Crippen molar-refractivity contribution in [2.45, 2.75) is 39.7 Å². The van der Waals surface area contributed by atoms with Crippen molar-refractivity contribution in [2.24, 2.45) is 0 Å². The van der Waals surface area contributed by atoms with Crippen molar-refractivity contribution in [3.05, 3.63) is 16.1 Å². The van der Waals surface area contributed by atoms with Crippen LogP contribution in [0.3, 0.4) is 0 Å². The Morgan fingerprint density at radius 2 is 2.18 bits per heavy atom. The Labute approximate surface area is 137 Å². The molecule has 0 N–H and O–H groups in total. The van der Waals surface area contributed by atoms with Gasteiger partial charge in [0.05, 0.1) is 10.7 Å². The predicted octanol–water partition coefficient (Wildman–Crippen LogP) is 2.17. The molecule has 0 radical (unpaired) electrons. The molecular weight excluding hydrogens is 298 g/mol. The summed E-state index contributed by atoms with van der Waals surface area (Å²) in [7, 11) is 0. The van der Waals surface area contributed by atoms with Gasteiger partial charge in [-0.15, -0.1) is 11.3 Å². The van der Waals surface area contributed by atoms with Gasteiger partial charge in [0, 0.05) is 44.7 Å². The maximum Gasteiger partial charge on any atom is 0.248 e. The highest BCUT2D eigenvalue weighted by molar-refractivity contribution is 7.09. The van der Waals surface area contributed by atoms with Gasteiger partial charge in [0.15, 0.2) is 0 Å². The van der Waals surface area contributed by atoms with E-state index in [0.29, 0.717) is 6.61 Å². The molecule has 2 heterocycles. The molecule has 0 saturated carbocycles. The number of nitrogens with zero attached hydrogens (tertiary/aromatic N) is 3. The van der Waals surface area contributed by atoms with Crippen molar-refractivity contribution >= 4 is 17.2 Å². The van der Waals surface area contributed by atoms with E-state index in [-0.39, 0.29) is 12.5 Å². The summed E-state index contributed by atoms with van der Waals surface area (Å²) >= 11 is 1.74. The predicted molar refractivity (Wildman–Crippen MR) is 89.1 cm³/mol. The zero-order valence-corrected chi connectivity index (χ0v) is 14.5. The molecule has 1 fully saturated rings. The lowest BCUT2D eigenvalue weighted by Crippen LogP contribution is -2.37. The van der Waals surface area contributed by atoms with Crippen LogP contribution < -0.4 is 0 Å². The third-order valence-corrected chi connectivity index (χ3v) is 4.84. The van der Waals surface area contributed by atoms with E-state index in [1.54, 1.807) is 11.3 Å². The van der Waals surface area contributed by atoms with E-state index in [1.807, 2.05) is 4.90 Å². The number of carbonyl (C=O) groups excluding carboxylic acids is 1. The number of hydrogen-bond acceptors (Lipinski definition) is 5. The molecule has 0 atom stereocenters. The number of carbonyl (C=O) groups is 1. The number of aryl methyl sites for hydroxylation is 1. The second kappa shape index (κ2) is 9.22. The van der Waals surface area contributed by atoms with Gasteiger partial charge >= 0.3 is 0 Å². The first-order valence-electron chi connectivity index (χ1n) is 8.24. The van der Waals surface area contributed by atoms with Crippen molar-refractivity contribution in [3.63, 3.8) is 0 Å². The minimum absolute atomic E-state index is 0.122. The monoisotopic (exact) mass is 325 g/mol. The van der Waals surface area contributed by atoms with Crippen LogP contribution >= 0.6 is 11.3 Å². The minimum Gasteiger partial charge on any atom is -0.372 e. The summed E-state index contributed by atoms with van der Waals surface area (Å²) in [4.78, 5) is 21.1. The summed E-state index contributed by atoms with van der Waals surface area (Å²) in [6.07, 6.45) is 2.98. The molecule has 0 spiro atoms. The summed E-state index contributed by atoms with van der Waals surface area (Å²) in [6.45, 7) is 9.54. The van der Waals surface area contributed by atoms with Gasteiger partial charge in [0.25, 0.3) is 0 Å². The quantitative estimate of drug-likeness (QED) is 0.721. The average Bonchev–Trinajstić information content (AvgIpc) is 2.84. The van der Waals surface area contributed by atoms with Crippen LogP contribution in [-0.4, -0.2) is 60.1 Å². The normalized spacial score (nSPS) is 16.7. The summed E-state index contributed by atoms with van der Waals surface area (Å²) < 4.78 is 5.36. The van der Waals surface area contributed by atoms with Crippen molar-refractivity contribution in [3.8, 4) is 0 Å². The Hall–Kier alpha value is -0.980. The Bertz CT molecular complexity index is 464. The molecule has 1 aromatic heterocycles. The van der Waals surface area contributed by atoms with Gasteiger partial charge in [-0.25, -0.2) is 4.98 Å². The summed E-state index contributed by atoms with van der Waals surface area (Å²) in [6, 6.07) is 0. The fourth-order valence-corrected chi connectivity index (χ4v) is 3.32. The van der Waals surface area contributed by atoms with Gasteiger partial charge in [-0.05, 0) is 19.3 Å². The van der Waals surface area contributed by atoms with Crippen LogP contribution in [0.2, 0.25) is 0 Å². The summed E-state index contributed by atoms with van der Waals surface area (Å²) in [5, 5.41) is 3.36. The molecular formula is C16H27N3O2S. The van der Waals surface area contributed by atoms with E-state index in [1.165, 1.54) is 5.01 Å². The number of rotatable bonds is 7. The zero-order chi connectivity index (χ0) is 15.8. The molecule has 2 rings (SSSR count). The van der Waals surface area contributed by atoms with E-state index >= 15 is 0 Å². The Morgan fingerprint density at radius 1 is 1.32 bits per heavy atom. The first-order valence-corrected chi connectivity index (χ1v) is 9.12. The van der Waals surface area contributed by atoms with Crippen LogP contribution in [0.15, 0.2) is 5.38 Å². The van der Waals surface area contributed by atoms with Crippen molar-refractivity contribution in [2.75, 3.05) is 39.4 Å². The fourth-order valence-electron chi connectivity index (χ4n) is 2.59. The van der Waals surface area contributed by atoms with Gasteiger partial charge < -0.3 is 9.64 Å². The third-order valence-electron chi connectivity index (χ3n) is 3.80. The lowest BCUT2D eigenvalue weighted by Gasteiger charge is -2.21. The van der Waals surface area contributed by atoms with E-state index < -0.39 is 0 Å². The summed E-state index contributed by atoms with van der Waals surface area (Å²) in [5.74, 6) is 0.122. The van der Waals surface area contributed by atoms with Crippen LogP contribution in [0.5, 0.6) is 0 Å². The number of aromatic nitrogens is 1. The minimum atomic E-state index is 0.122. The van der Waals surface area contributed by atoms with Crippen LogP contribution in [0, 0.1) is 0 Å². The molecule has 1 aliphatic heterocycles. The molecule has 0 unspecified atom stereocenters. The van der Waals surface area contributed by atoms with Crippen LogP contribution in [0.4, 0.5) is 0 Å². The highest BCUT2D eigenvalue weighted by Gasteiger charge is 2.19. The SMILES string of the molecule is CCCOCC(=O)N1CCCN(Cc2csc(CC)n2)CC1. The molecule has 1 aliphatic rings. The van der Waals surface area contributed by atoms with E-state index in [4.69, 9.17) is 4.74 Å². The fraction of sp³-hybridized carbons (Fsp3) is 0.750. The lowest BCUT2D eigenvalue weighted by molar-refractivity contribution is -0.136. The molecule has 0 aromatic carbocycles. The van der Waals surface area contributed by atoms with Gasteiger partial charge in [-0.1, -0.05) is 13.8 Å². The van der Waals surface area contributed by atoms with Gasteiger partial charge in [-0.2, -0.15) is 0 Å². The maximum absolute atomic E-state index is 12.1. The second-order valence-corrected chi connectivity index (χ2v) is 6.59. The molecule has 124 valence electrons. The van der Waals surface area contributed by atoms with Gasteiger partial charge in [0.2, 0.25) is 5.91 Å². The molecule has 6 heteroatoms. The third kappa shape index (κ3) is 5.34. The Morgan fingerprint density at radius 3 is 2.91 bits per heavy atom. The first kappa shape index (κ1) is 17.4. The molecule has 0 aliphatic carbocycles. The van der Waals surface area contributed by atoms with Gasteiger partial charge in [-0.3, -0.25) is 9.69 Å². The molecule has 22 heavy (non-hydrogen) atoms. The van der Waals surface area contributed by atoms with Crippen molar-refractivity contribution in [1.82, 2.24) is 14.8 Å². The van der Waals surface area contributed by atoms with Crippen LogP contribution in [0.1, 0.15) is 37.4 Å². The standard InChI is InChI=1S/C16H27N3O2S/c1-3-10-21-12-16(20)19-7-5-6-18(8-9-19)11-14-13-22-15(4-2)17-14/h13H,3-12H2,1-2H3. The second-order valence-electron chi connectivity index (χ2n) is 5.65. The lowest BCUT2D eigenvalue weighted by atomic mass is 10.3. The van der Waals surface area contributed by atoms with Gasteiger partial charge in [0.1, 0.15) is 6.61 Å². The van der Waals surface area contributed by atoms with E-state index in [9.17, 15) is 4.79 Å². The average molecular weight is 325 g/mol. The molecule has 1 aromatic rings. The molecule has 1 saturated heterocycles. The maximum atomic E-state index is 12.1. The molecule has 0 bridgehead atoms. The summed E-state index contributed by atoms with van der Waals surface area (Å²) in [5.41, 5.74) is 1.16. The zero-order valence-electron chi connectivity index (χ0n) is 13.7. The first-order chi connectivity index (χ1) is 10.7. The molecule has 1 amide bonds. The van der Waals surface area contributed by atoms with Crippen LogP contribution in [-0.2, 0) is 22.5 Å². The largest absolute Gasteiger partial charge is 0.372 e. The molecule has 5 nitrogen and oxygen atoms in total. The smallest absolute Gasteiger partial charge is 0.248 e.